The molecule has 1 fully saturated rings. The van der Waals surface area contributed by atoms with Gasteiger partial charge in [-0.05, 0) is 25.1 Å². The van der Waals surface area contributed by atoms with Crippen LogP contribution in [0, 0.1) is 12.8 Å². The van der Waals surface area contributed by atoms with Crippen LogP contribution in [0.15, 0.2) is 24.3 Å². The summed E-state index contributed by atoms with van der Waals surface area (Å²) in [5, 5.41) is 10.7. The van der Waals surface area contributed by atoms with Crippen LogP contribution in [0.3, 0.4) is 0 Å². The smallest absolute Gasteiger partial charge is 0.106 e. The number of likely N-dealkylation sites (N-methyl/N-ethyl adjacent to an activating group) is 1. The molecule has 2 nitrogen and oxygen atoms in total. The number of aliphatic hydroxyl groups is 1. The quantitative estimate of drug-likeness (QED) is 0.755. The Morgan fingerprint density at radius 1 is 1.40 bits per heavy atom. The molecule has 0 amide bonds. The van der Waals surface area contributed by atoms with Crippen molar-refractivity contribution < 1.29 is 5.11 Å². The zero-order valence-electron chi connectivity index (χ0n) is 9.70. The molecule has 1 aliphatic rings. The number of nitrogens with zero attached hydrogens (tertiary/aromatic N) is 1. The van der Waals surface area contributed by atoms with Crippen molar-refractivity contribution in [2.75, 3.05) is 20.1 Å². The summed E-state index contributed by atoms with van der Waals surface area (Å²) in [6.07, 6.45) is 0. The first-order valence-corrected chi connectivity index (χ1v) is 5.51. The van der Waals surface area contributed by atoms with E-state index < -0.39 is 5.60 Å². The van der Waals surface area contributed by atoms with Crippen LogP contribution in [0.1, 0.15) is 18.1 Å². The van der Waals surface area contributed by atoms with Gasteiger partial charge >= 0.3 is 0 Å². The Hall–Kier alpha value is -0.860. The SMILES string of the molecule is Cc1ccccc1[C@@]1(O)CN(C)C[C@H]1C. The van der Waals surface area contributed by atoms with Gasteiger partial charge in [-0.1, -0.05) is 31.2 Å². The van der Waals surface area contributed by atoms with Crippen molar-refractivity contribution in [3.8, 4) is 0 Å². The summed E-state index contributed by atoms with van der Waals surface area (Å²) in [7, 11) is 2.06. The van der Waals surface area contributed by atoms with Gasteiger partial charge in [0.25, 0.3) is 0 Å². The molecule has 0 saturated carbocycles. The normalized spacial score (nSPS) is 32.1. The van der Waals surface area contributed by atoms with Crippen molar-refractivity contribution in [3.63, 3.8) is 0 Å². The van der Waals surface area contributed by atoms with Gasteiger partial charge in [0.05, 0.1) is 0 Å². The van der Waals surface area contributed by atoms with Gasteiger partial charge in [0.15, 0.2) is 0 Å². The zero-order chi connectivity index (χ0) is 11.1. The van der Waals surface area contributed by atoms with E-state index >= 15 is 0 Å². The van der Waals surface area contributed by atoms with Crippen LogP contribution in [0.5, 0.6) is 0 Å². The third-order valence-corrected chi connectivity index (χ3v) is 3.52. The topological polar surface area (TPSA) is 23.5 Å². The number of hydrogen-bond donors (Lipinski definition) is 1. The van der Waals surface area contributed by atoms with Gasteiger partial charge in [-0.25, -0.2) is 0 Å². The highest BCUT2D eigenvalue weighted by atomic mass is 16.3. The highest BCUT2D eigenvalue weighted by Crippen LogP contribution is 2.37. The average molecular weight is 205 g/mol. The highest BCUT2D eigenvalue weighted by Gasteiger charge is 2.43. The lowest BCUT2D eigenvalue weighted by atomic mass is 9.83. The van der Waals surface area contributed by atoms with Gasteiger partial charge in [0.1, 0.15) is 5.60 Å². The molecule has 1 aromatic carbocycles. The van der Waals surface area contributed by atoms with Crippen LogP contribution in [-0.2, 0) is 5.60 Å². The molecular weight excluding hydrogens is 186 g/mol. The van der Waals surface area contributed by atoms with Crippen molar-refractivity contribution in [2.45, 2.75) is 19.4 Å². The molecule has 1 aromatic rings. The Kier molecular flexibility index (Phi) is 2.57. The molecule has 82 valence electrons. The Bertz CT molecular complexity index is 363. The lowest BCUT2D eigenvalue weighted by molar-refractivity contribution is 0.0140. The van der Waals surface area contributed by atoms with E-state index in [1.165, 1.54) is 5.56 Å². The van der Waals surface area contributed by atoms with Gasteiger partial charge in [0, 0.05) is 19.0 Å². The zero-order valence-corrected chi connectivity index (χ0v) is 9.70. The maximum Gasteiger partial charge on any atom is 0.106 e. The number of aryl methyl sites for hydroxylation is 1. The molecule has 1 aliphatic heterocycles. The molecule has 0 radical (unpaired) electrons. The number of likely N-dealkylation sites (tertiary alicyclic amines) is 1. The maximum absolute atomic E-state index is 10.7. The number of hydrogen-bond acceptors (Lipinski definition) is 2. The molecule has 1 N–H and O–H groups in total. The van der Waals surface area contributed by atoms with Crippen LogP contribution in [-0.4, -0.2) is 30.1 Å². The fourth-order valence-electron chi connectivity index (χ4n) is 2.66. The van der Waals surface area contributed by atoms with Crippen molar-refractivity contribution in [3.05, 3.63) is 35.4 Å². The Morgan fingerprint density at radius 3 is 2.60 bits per heavy atom. The van der Waals surface area contributed by atoms with E-state index in [0.29, 0.717) is 5.92 Å². The molecule has 0 bridgehead atoms. The lowest BCUT2D eigenvalue weighted by Crippen LogP contribution is -2.34. The molecule has 15 heavy (non-hydrogen) atoms. The van der Waals surface area contributed by atoms with Crippen LogP contribution < -0.4 is 0 Å². The Balaban J connectivity index is 2.42. The van der Waals surface area contributed by atoms with Gasteiger partial charge in [-0.3, -0.25) is 0 Å². The molecule has 0 spiro atoms. The van der Waals surface area contributed by atoms with Crippen molar-refractivity contribution in [1.82, 2.24) is 4.90 Å². The van der Waals surface area contributed by atoms with Gasteiger partial charge in [0.2, 0.25) is 0 Å². The largest absolute Gasteiger partial charge is 0.383 e. The summed E-state index contributed by atoms with van der Waals surface area (Å²) < 4.78 is 0. The predicted octanol–water partition coefficient (Wildman–Crippen LogP) is 1.76. The van der Waals surface area contributed by atoms with Gasteiger partial charge in [-0.15, -0.1) is 0 Å². The van der Waals surface area contributed by atoms with Crippen LogP contribution >= 0.6 is 0 Å². The van der Waals surface area contributed by atoms with E-state index in [0.717, 1.165) is 18.7 Å². The Morgan fingerprint density at radius 2 is 2.07 bits per heavy atom. The minimum atomic E-state index is -0.667. The van der Waals surface area contributed by atoms with Crippen molar-refractivity contribution in [2.24, 2.45) is 5.92 Å². The number of β-amino-alcohol motifs (C(OH)–C–C–N with tert-alkyl or cyclic N) is 1. The number of benzene rings is 1. The minimum Gasteiger partial charge on any atom is -0.383 e. The summed E-state index contributed by atoms with van der Waals surface area (Å²) in [4.78, 5) is 2.19. The van der Waals surface area contributed by atoms with Crippen molar-refractivity contribution >= 4 is 0 Å². The first kappa shape index (κ1) is 10.7. The van der Waals surface area contributed by atoms with Gasteiger partial charge in [-0.2, -0.15) is 0 Å². The standard InChI is InChI=1S/C13H19NO/c1-10-6-4-5-7-12(10)13(15)9-14(3)8-11(13)2/h4-7,11,15H,8-9H2,1-3H3/t11-,13-/m1/s1. The summed E-state index contributed by atoms with van der Waals surface area (Å²) in [6.45, 7) is 5.89. The summed E-state index contributed by atoms with van der Waals surface area (Å²) >= 11 is 0. The minimum absolute atomic E-state index is 0.295. The second kappa shape index (κ2) is 3.62. The second-order valence-electron chi connectivity index (χ2n) is 4.84. The van der Waals surface area contributed by atoms with Crippen LogP contribution in [0.25, 0.3) is 0 Å². The van der Waals surface area contributed by atoms with E-state index in [1.54, 1.807) is 0 Å². The monoisotopic (exact) mass is 205 g/mol. The third kappa shape index (κ3) is 1.68. The second-order valence-corrected chi connectivity index (χ2v) is 4.84. The van der Waals surface area contributed by atoms with Crippen LogP contribution in [0.2, 0.25) is 0 Å². The molecule has 0 aliphatic carbocycles. The van der Waals surface area contributed by atoms with E-state index in [-0.39, 0.29) is 0 Å². The molecule has 0 unspecified atom stereocenters. The van der Waals surface area contributed by atoms with Crippen molar-refractivity contribution in [1.29, 1.82) is 0 Å². The van der Waals surface area contributed by atoms with E-state index in [2.05, 4.69) is 31.9 Å². The summed E-state index contributed by atoms with van der Waals surface area (Å²) in [5.74, 6) is 0.295. The molecule has 2 rings (SSSR count). The number of rotatable bonds is 1. The summed E-state index contributed by atoms with van der Waals surface area (Å²) in [6, 6.07) is 8.14. The summed E-state index contributed by atoms with van der Waals surface area (Å²) in [5.41, 5.74) is 1.60. The first-order valence-electron chi connectivity index (χ1n) is 5.51. The van der Waals surface area contributed by atoms with E-state index in [1.807, 2.05) is 18.2 Å². The predicted molar refractivity (Wildman–Crippen MR) is 61.7 cm³/mol. The molecule has 0 aromatic heterocycles. The third-order valence-electron chi connectivity index (χ3n) is 3.52. The van der Waals surface area contributed by atoms with Crippen LogP contribution in [0.4, 0.5) is 0 Å². The van der Waals surface area contributed by atoms with Gasteiger partial charge < -0.3 is 10.0 Å². The maximum atomic E-state index is 10.7. The van der Waals surface area contributed by atoms with E-state index in [9.17, 15) is 5.11 Å². The molecule has 2 atom stereocenters. The Labute approximate surface area is 91.5 Å². The van der Waals surface area contributed by atoms with E-state index in [4.69, 9.17) is 0 Å². The lowest BCUT2D eigenvalue weighted by Gasteiger charge is -2.29. The first-order chi connectivity index (χ1) is 7.04. The molecular formula is C13H19NO. The molecule has 1 saturated heterocycles. The fourth-order valence-corrected chi connectivity index (χ4v) is 2.66. The fraction of sp³-hybridized carbons (Fsp3) is 0.538. The molecule has 2 heteroatoms. The average Bonchev–Trinajstić information content (AvgIpc) is 2.42. The highest BCUT2D eigenvalue weighted by molar-refractivity contribution is 5.33. The molecule has 1 heterocycles.